The van der Waals surface area contributed by atoms with Crippen LogP contribution in [0, 0.1) is 0 Å². The second kappa shape index (κ2) is 5.25. The summed E-state index contributed by atoms with van der Waals surface area (Å²) < 4.78 is 0. The minimum absolute atomic E-state index is 0.504. The molecule has 0 radical (unpaired) electrons. The molecular weight excluding hydrogens is 200 g/mol. The molecule has 1 aliphatic rings. The van der Waals surface area contributed by atoms with Gasteiger partial charge < -0.3 is 10.2 Å². The van der Waals surface area contributed by atoms with E-state index < -0.39 is 0 Å². The van der Waals surface area contributed by atoms with E-state index in [0.717, 1.165) is 44.1 Å². The van der Waals surface area contributed by atoms with Crippen LogP contribution in [0.3, 0.4) is 0 Å². The van der Waals surface area contributed by atoms with Crippen molar-refractivity contribution >= 4 is 5.82 Å². The Bertz CT molecular complexity index is 316. The van der Waals surface area contributed by atoms with Crippen molar-refractivity contribution in [1.29, 1.82) is 0 Å². The first-order valence-electron chi connectivity index (χ1n) is 6.10. The Kier molecular flexibility index (Phi) is 3.72. The first-order chi connectivity index (χ1) is 7.81. The summed E-state index contributed by atoms with van der Waals surface area (Å²) >= 11 is 0. The van der Waals surface area contributed by atoms with Crippen molar-refractivity contribution in [2.45, 2.75) is 26.2 Å². The fraction of sp³-hybridized carbons (Fsp3) is 0.667. The second-order valence-corrected chi connectivity index (χ2v) is 4.36. The Labute approximate surface area is 97.1 Å². The fourth-order valence-corrected chi connectivity index (χ4v) is 1.87. The van der Waals surface area contributed by atoms with Crippen LogP contribution in [0.4, 0.5) is 5.82 Å². The Morgan fingerprint density at radius 2 is 2.06 bits per heavy atom. The van der Waals surface area contributed by atoms with Gasteiger partial charge in [0.2, 0.25) is 0 Å². The van der Waals surface area contributed by atoms with Crippen LogP contribution in [0.15, 0.2) is 12.1 Å². The summed E-state index contributed by atoms with van der Waals surface area (Å²) in [6.07, 6.45) is 1.11. The van der Waals surface area contributed by atoms with Crippen molar-refractivity contribution in [3.8, 4) is 0 Å². The van der Waals surface area contributed by atoms with Gasteiger partial charge in [-0.3, -0.25) is 0 Å². The highest BCUT2D eigenvalue weighted by molar-refractivity contribution is 5.38. The number of anilines is 1. The van der Waals surface area contributed by atoms with Gasteiger partial charge in [0.05, 0.1) is 5.69 Å². The third-order valence-electron chi connectivity index (χ3n) is 3.23. The molecule has 2 rings (SSSR count). The number of rotatable bonds is 3. The molecule has 1 aromatic heterocycles. The summed E-state index contributed by atoms with van der Waals surface area (Å²) in [6, 6.07) is 4.21. The minimum atomic E-state index is 0.504. The average molecular weight is 220 g/mol. The van der Waals surface area contributed by atoms with Crippen LogP contribution in [0.25, 0.3) is 0 Å². The van der Waals surface area contributed by atoms with E-state index in [-0.39, 0.29) is 0 Å². The summed E-state index contributed by atoms with van der Waals surface area (Å²) in [7, 11) is 0. The van der Waals surface area contributed by atoms with Crippen LogP contribution in [0.2, 0.25) is 0 Å². The summed E-state index contributed by atoms with van der Waals surface area (Å²) in [6.45, 7) is 8.49. The van der Waals surface area contributed by atoms with E-state index in [1.165, 1.54) is 0 Å². The van der Waals surface area contributed by atoms with E-state index >= 15 is 0 Å². The van der Waals surface area contributed by atoms with E-state index in [1.807, 2.05) is 0 Å². The number of piperazine rings is 1. The predicted octanol–water partition coefficient (Wildman–Crippen LogP) is 1.40. The highest BCUT2D eigenvalue weighted by Crippen LogP contribution is 2.17. The van der Waals surface area contributed by atoms with Crippen LogP contribution in [-0.2, 0) is 0 Å². The molecular formula is C12H20N4. The molecule has 0 saturated carbocycles. The molecule has 1 aliphatic heterocycles. The maximum atomic E-state index is 4.32. The molecule has 4 heteroatoms. The smallest absolute Gasteiger partial charge is 0.151 e. The predicted molar refractivity (Wildman–Crippen MR) is 65.8 cm³/mol. The normalized spacial score (nSPS) is 18.5. The van der Waals surface area contributed by atoms with Crippen molar-refractivity contribution in [3.05, 3.63) is 17.8 Å². The van der Waals surface area contributed by atoms with Gasteiger partial charge in [0.1, 0.15) is 0 Å². The van der Waals surface area contributed by atoms with Gasteiger partial charge in [0.15, 0.2) is 5.82 Å². The largest absolute Gasteiger partial charge is 0.353 e. The van der Waals surface area contributed by atoms with Gasteiger partial charge in [0, 0.05) is 26.2 Å². The van der Waals surface area contributed by atoms with Gasteiger partial charge in [-0.05, 0) is 24.5 Å². The van der Waals surface area contributed by atoms with Crippen molar-refractivity contribution in [2.75, 3.05) is 31.1 Å². The SMILES string of the molecule is CCC(C)c1ccc(N2CCNCC2)nn1. The van der Waals surface area contributed by atoms with Gasteiger partial charge in [0.25, 0.3) is 0 Å². The van der Waals surface area contributed by atoms with E-state index in [4.69, 9.17) is 0 Å². The van der Waals surface area contributed by atoms with E-state index in [0.29, 0.717) is 5.92 Å². The molecule has 2 heterocycles. The van der Waals surface area contributed by atoms with Crippen LogP contribution >= 0.6 is 0 Å². The van der Waals surface area contributed by atoms with E-state index in [2.05, 4.69) is 46.4 Å². The standard InChI is InChI=1S/C12H20N4/c1-3-10(2)11-4-5-12(15-14-11)16-8-6-13-7-9-16/h4-5,10,13H,3,6-9H2,1-2H3. The lowest BCUT2D eigenvalue weighted by atomic mass is 10.1. The molecule has 0 aromatic carbocycles. The molecule has 1 N–H and O–H groups in total. The lowest BCUT2D eigenvalue weighted by Crippen LogP contribution is -2.44. The lowest BCUT2D eigenvalue weighted by molar-refractivity contribution is 0.580. The first kappa shape index (κ1) is 11.3. The topological polar surface area (TPSA) is 41.0 Å². The Balaban J connectivity index is 2.06. The van der Waals surface area contributed by atoms with Crippen LogP contribution in [0.1, 0.15) is 31.9 Å². The average Bonchev–Trinajstić information content (AvgIpc) is 2.39. The van der Waals surface area contributed by atoms with E-state index in [1.54, 1.807) is 0 Å². The van der Waals surface area contributed by atoms with Gasteiger partial charge >= 0.3 is 0 Å². The fourth-order valence-electron chi connectivity index (χ4n) is 1.87. The van der Waals surface area contributed by atoms with Gasteiger partial charge in [-0.15, -0.1) is 5.10 Å². The Morgan fingerprint density at radius 1 is 1.31 bits per heavy atom. The zero-order valence-corrected chi connectivity index (χ0v) is 10.1. The van der Waals surface area contributed by atoms with Crippen molar-refractivity contribution in [1.82, 2.24) is 15.5 Å². The third kappa shape index (κ3) is 2.50. The zero-order chi connectivity index (χ0) is 11.4. The highest BCUT2D eigenvalue weighted by atomic mass is 15.3. The van der Waals surface area contributed by atoms with Crippen LogP contribution in [-0.4, -0.2) is 36.4 Å². The molecule has 88 valence electrons. The number of aromatic nitrogens is 2. The lowest BCUT2D eigenvalue weighted by Gasteiger charge is -2.28. The van der Waals surface area contributed by atoms with Gasteiger partial charge in [-0.1, -0.05) is 13.8 Å². The molecule has 1 unspecified atom stereocenters. The van der Waals surface area contributed by atoms with Gasteiger partial charge in [-0.2, -0.15) is 5.10 Å². The van der Waals surface area contributed by atoms with Crippen molar-refractivity contribution in [2.24, 2.45) is 0 Å². The Morgan fingerprint density at radius 3 is 2.62 bits per heavy atom. The molecule has 0 bridgehead atoms. The molecule has 1 fully saturated rings. The quantitative estimate of drug-likeness (QED) is 0.836. The highest BCUT2D eigenvalue weighted by Gasteiger charge is 2.12. The molecule has 0 spiro atoms. The molecule has 1 aromatic rings. The summed E-state index contributed by atoms with van der Waals surface area (Å²) in [5.74, 6) is 1.51. The number of nitrogens with zero attached hydrogens (tertiary/aromatic N) is 3. The minimum Gasteiger partial charge on any atom is -0.353 e. The summed E-state index contributed by atoms with van der Waals surface area (Å²) in [5, 5.41) is 12.0. The molecule has 0 amide bonds. The van der Waals surface area contributed by atoms with Crippen molar-refractivity contribution in [3.63, 3.8) is 0 Å². The molecule has 1 saturated heterocycles. The van der Waals surface area contributed by atoms with Crippen LogP contribution < -0.4 is 10.2 Å². The number of hydrogen-bond acceptors (Lipinski definition) is 4. The molecule has 1 atom stereocenters. The molecule has 0 aliphatic carbocycles. The summed E-state index contributed by atoms with van der Waals surface area (Å²) in [5.41, 5.74) is 1.10. The first-order valence-corrected chi connectivity index (χ1v) is 6.10. The van der Waals surface area contributed by atoms with Crippen LogP contribution in [0.5, 0.6) is 0 Å². The molecule has 16 heavy (non-hydrogen) atoms. The monoisotopic (exact) mass is 220 g/mol. The van der Waals surface area contributed by atoms with Crippen molar-refractivity contribution < 1.29 is 0 Å². The Hall–Kier alpha value is -1.16. The second-order valence-electron chi connectivity index (χ2n) is 4.36. The number of nitrogens with one attached hydrogen (secondary N) is 1. The number of hydrogen-bond donors (Lipinski definition) is 1. The van der Waals surface area contributed by atoms with E-state index in [9.17, 15) is 0 Å². The van der Waals surface area contributed by atoms with Gasteiger partial charge in [-0.25, -0.2) is 0 Å². The third-order valence-corrected chi connectivity index (χ3v) is 3.23. The maximum absolute atomic E-state index is 4.32. The zero-order valence-electron chi connectivity index (χ0n) is 10.1. The molecule has 4 nitrogen and oxygen atoms in total. The summed E-state index contributed by atoms with van der Waals surface area (Å²) in [4.78, 5) is 2.28. The maximum Gasteiger partial charge on any atom is 0.151 e.